The second kappa shape index (κ2) is 5.17. The van der Waals surface area contributed by atoms with E-state index in [-0.39, 0.29) is 0 Å². The number of thioether (sulfide) groups is 1. The zero-order valence-electron chi connectivity index (χ0n) is 11.1. The van der Waals surface area contributed by atoms with Gasteiger partial charge in [-0.05, 0) is 24.0 Å². The minimum absolute atomic E-state index is 0.412. The van der Waals surface area contributed by atoms with Crippen molar-refractivity contribution in [3.8, 4) is 0 Å². The maximum absolute atomic E-state index is 11.7. The molecule has 0 amide bonds. The standard InChI is InChI=1S/C15H19NO2S/c1-10-8-12(9-19-10)16-7-6-11-4-2-3-5-13(11)14(16)15(17)18/h2-5,10,12,14H,6-9H2,1H3,(H,17,18). The summed E-state index contributed by atoms with van der Waals surface area (Å²) in [4.78, 5) is 13.9. The Morgan fingerprint density at radius 3 is 2.89 bits per heavy atom. The average molecular weight is 277 g/mol. The number of fused-ring (bicyclic) bond motifs is 1. The first-order chi connectivity index (χ1) is 9.16. The Labute approximate surface area is 118 Å². The highest BCUT2D eigenvalue weighted by Crippen LogP contribution is 2.37. The summed E-state index contributed by atoms with van der Waals surface area (Å²) in [5, 5.41) is 10.3. The highest BCUT2D eigenvalue weighted by molar-refractivity contribution is 8.00. The number of carbonyl (C=O) groups is 1. The van der Waals surface area contributed by atoms with Crippen LogP contribution in [0.2, 0.25) is 0 Å². The number of carboxylic acid groups (broad SMARTS) is 1. The molecule has 1 fully saturated rings. The second-order valence-corrected chi connectivity index (χ2v) is 6.93. The first-order valence-electron chi connectivity index (χ1n) is 6.85. The minimum atomic E-state index is -0.711. The van der Waals surface area contributed by atoms with Gasteiger partial charge in [-0.1, -0.05) is 31.2 Å². The number of aliphatic carboxylic acids is 1. The molecule has 0 aromatic heterocycles. The summed E-state index contributed by atoms with van der Waals surface area (Å²) >= 11 is 1.96. The summed E-state index contributed by atoms with van der Waals surface area (Å²) < 4.78 is 0. The van der Waals surface area contributed by atoms with E-state index in [2.05, 4.69) is 17.9 Å². The van der Waals surface area contributed by atoms with Gasteiger partial charge in [0.2, 0.25) is 0 Å². The van der Waals surface area contributed by atoms with Crippen molar-refractivity contribution in [2.24, 2.45) is 0 Å². The maximum atomic E-state index is 11.7. The number of rotatable bonds is 2. The van der Waals surface area contributed by atoms with Crippen LogP contribution in [-0.2, 0) is 11.2 Å². The van der Waals surface area contributed by atoms with Crippen molar-refractivity contribution in [2.75, 3.05) is 12.3 Å². The van der Waals surface area contributed by atoms with E-state index in [1.807, 2.05) is 30.0 Å². The van der Waals surface area contributed by atoms with E-state index in [0.29, 0.717) is 11.3 Å². The molecule has 1 aromatic rings. The van der Waals surface area contributed by atoms with Gasteiger partial charge in [0.25, 0.3) is 0 Å². The monoisotopic (exact) mass is 277 g/mol. The topological polar surface area (TPSA) is 40.5 Å². The van der Waals surface area contributed by atoms with Gasteiger partial charge in [0, 0.05) is 23.6 Å². The fraction of sp³-hybridized carbons (Fsp3) is 0.533. The molecule has 2 heterocycles. The van der Waals surface area contributed by atoms with E-state index in [9.17, 15) is 9.90 Å². The molecule has 1 saturated heterocycles. The van der Waals surface area contributed by atoms with Gasteiger partial charge < -0.3 is 5.11 Å². The first kappa shape index (κ1) is 13.0. The molecule has 0 spiro atoms. The van der Waals surface area contributed by atoms with E-state index < -0.39 is 12.0 Å². The third-order valence-corrected chi connectivity index (χ3v) is 5.54. The second-order valence-electron chi connectivity index (χ2n) is 5.46. The summed E-state index contributed by atoms with van der Waals surface area (Å²) in [6, 6.07) is 7.95. The molecule has 0 saturated carbocycles. The van der Waals surface area contributed by atoms with Crippen LogP contribution in [0.4, 0.5) is 0 Å². The van der Waals surface area contributed by atoms with Gasteiger partial charge >= 0.3 is 5.97 Å². The molecule has 2 aliphatic rings. The van der Waals surface area contributed by atoms with Crippen LogP contribution in [0.1, 0.15) is 30.5 Å². The van der Waals surface area contributed by atoms with Crippen molar-refractivity contribution in [2.45, 2.75) is 37.1 Å². The number of benzene rings is 1. The van der Waals surface area contributed by atoms with E-state index in [0.717, 1.165) is 30.7 Å². The van der Waals surface area contributed by atoms with Crippen molar-refractivity contribution in [3.63, 3.8) is 0 Å². The van der Waals surface area contributed by atoms with Gasteiger partial charge in [0.15, 0.2) is 0 Å². The molecule has 1 aromatic carbocycles. The van der Waals surface area contributed by atoms with Crippen LogP contribution < -0.4 is 0 Å². The van der Waals surface area contributed by atoms with Crippen LogP contribution in [-0.4, -0.2) is 39.6 Å². The highest BCUT2D eigenvalue weighted by atomic mass is 32.2. The van der Waals surface area contributed by atoms with E-state index in [1.54, 1.807) is 0 Å². The lowest BCUT2D eigenvalue weighted by Gasteiger charge is -2.38. The molecule has 3 nitrogen and oxygen atoms in total. The molecule has 1 N–H and O–H groups in total. The normalized spacial score (nSPS) is 31.1. The average Bonchev–Trinajstić information content (AvgIpc) is 2.83. The largest absolute Gasteiger partial charge is 0.480 e. The summed E-state index contributed by atoms with van der Waals surface area (Å²) in [5.41, 5.74) is 2.19. The predicted octanol–water partition coefficient (Wildman–Crippen LogP) is 2.56. The predicted molar refractivity (Wildman–Crippen MR) is 77.6 cm³/mol. The molecule has 0 radical (unpaired) electrons. The van der Waals surface area contributed by atoms with Crippen LogP contribution in [0.25, 0.3) is 0 Å². The molecule has 19 heavy (non-hydrogen) atoms. The van der Waals surface area contributed by atoms with Crippen LogP contribution in [0.3, 0.4) is 0 Å². The maximum Gasteiger partial charge on any atom is 0.325 e. The Balaban J connectivity index is 1.92. The molecule has 3 rings (SSSR count). The molecule has 102 valence electrons. The zero-order valence-corrected chi connectivity index (χ0v) is 11.9. The number of carboxylic acids is 1. The molecule has 3 atom stereocenters. The minimum Gasteiger partial charge on any atom is -0.480 e. The van der Waals surface area contributed by atoms with Crippen molar-refractivity contribution in [1.82, 2.24) is 4.90 Å². The Hall–Kier alpha value is -1.00. The third-order valence-electron chi connectivity index (χ3n) is 4.20. The van der Waals surface area contributed by atoms with Crippen LogP contribution in [0.5, 0.6) is 0 Å². The summed E-state index contributed by atoms with van der Waals surface area (Å²) in [6.07, 6.45) is 2.08. The van der Waals surface area contributed by atoms with Crippen LogP contribution in [0, 0.1) is 0 Å². The molecule has 3 unspecified atom stereocenters. The van der Waals surface area contributed by atoms with Crippen molar-refractivity contribution >= 4 is 17.7 Å². The van der Waals surface area contributed by atoms with Gasteiger partial charge in [0.1, 0.15) is 6.04 Å². The number of hydrogen-bond acceptors (Lipinski definition) is 3. The molecule has 4 heteroatoms. The molecular weight excluding hydrogens is 258 g/mol. The van der Waals surface area contributed by atoms with Gasteiger partial charge in [-0.25, -0.2) is 0 Å². The molecular formula is C15H19NO2S. The Bertz CT molecular complexity index is 491. The quantitative estimate of drug-likeness (QED) is 0.902. The zero-order chi connectivity index (χ0) is 13.4. The Morgan fingerprint density at radius 1 is 1.42 bits per heavy atom. The Kier molecular flexibility index (Phi) is 3.54. The lowest BCUT2D eigenvalue weighted by molar-refractivity contribution is -0.145. The van der Waals surface area contributed by atoms with Crippen LogP contribution >= 0.6 is 11.8 Å². The van der Waals surface area contributed by atoms with Crippen molar-refractivity contribution in [3.05, 3.63) is 35.4 Å². The summed E-state index contributed by atoms with van der Waals surface area (Å²) in [7, 11) is 0. The third kappa shape index (κ3) is 2.39. The van der Waals surface area contributed by atoms with Crippen molar-refractivity contribution in [1.29, 1.82) is 0 Å². The lowest BCUT2D eigenvalue weighted by atomic mass is 9.91. The summed E-state index contributed by atoms with van der Waals surface area (Å²) in [5.74, 6) is 0.351. The summed E-state index contributed by atoms with van der Waals surface area (Å²) in [6.45, 7) is 3.10. The highest BCUT2D eigenvalue weighted by Gasteiger charge is 2.39. The number of nitrogens with zero attached hydrogens (tertiary/aromatic N) is 1. The van der Waals surface area contributed by atoms with Gasteiger partial charge in [0.05, 0.1) is 0 Å². The number of hydrogen-bond donors (Lipinski definition) is 1. The van der Waals surface area contributed by atoms with E-state index >= 15 is 0 Å². The van der Waals surface area contributed by atoms with Gasteiger partial charge in [-0.2, -0.15) is 11.8 Å². The van der Waals surface area contributed by atoms with Gasteiger partial charge in [-0.3, -0.25) is 9.69 Å². The van der Waals surface area contributed by atoms with E-state index in [4.69, 9.17) is 0 Å². The van der Waals surface area contributed by atoms with Crippen molar-refractivity contribution < 1.29 is 9.90 Å². The lowest BCUT2D eigenvalue weighted by Crippen LogP contribution is -2.46. The SMILES string of the molecule is CC1CC(N2CCc3ccccc3C2C(=O)O)CS1. The molecule has 0 bridgehead atoms. The molecule has 0 aliphatic carbocycles. The first-order valence-corrected chi connectivity index (χ1v) is 7.89. The molecule has 2 aliphatic heterocycles. The van der Waals surface area contributed by atoms with E-state index in [1.165, 1.54) is 5.56 Å². The Morgan fingerprint density at radius 2 is 2.21 bits per heavy atom. The van der Waals surface area contributed by atoms with Crippen LogP contribution in [0.15, 0.2) is 24.3 Å². The fourth-order valence-electron chi connectivity index (χ4n) is 3.28. The van der Waals surface area contributed by atoms with Gasteiger partial charge in [-0.15, -0.1) is 0 Å². The smallest absolute Gasteiger partial charge is 0.325 e. The fourth-order valence-corrected chi connectivity index (χ4v) is 4.52.